The minimum absolute atomic E-state index is 0.139. The van der Waals surface area contributed by atoms with Crippen LogP contribution in [0.15, 0.2) is 42.5 Å². The number of rotatable bonds is 5. The van der Waals surface area contributed by atoms with Gasteiger partial charge in [0.15, 0.2) is 0 Å². The summed E-state index contributed by atoms with van der Waals surface area (Å²) in [5.74, 6) is -0.143. The maximum Gasteiger partial charge on any atom is 0.243 e. The molecule has 0 bridgehead atoms. The molecule has 1 aliphatic rings. The molecule has 2 aromatic carbocycles. The van der Waals surface area contributed by atoms with Crippen LogP contribution < -0.4 is 15.5 Å². The lowest BCUT2D eigenvalue weighted by Crippen LogP contribution is -2.36. The van der Waals surface area contributed by atoms with Crippen LogP contribution in [-0.4, -0.2) is 38.8 Å². The average molecular weight is 380 g/mol. The molecule has 2 N–H and O–H groups in total. The van der Waals surface area contributed by atoms with E-state index in [0.29, 0.717) is 28.9 Å². The van der Waals surface area contributed by atoms with Gasteiger partial charge in [0, 0.05) is 28.8 Å². The zero-order valence-electron chi connectivity index (χ0n) is 13.6. The van der Waals surface area contributed by atoms with Crippen LogP contribution in [0.5, 0.6) is 0 Å². The maximum absolute atomic E-state index is 12.2. The van der Waals surface area contributed by atoms with Crippen LogP contribution in [0.2, 0.25) is 10.0 Å². The number of amides is 1. The van der Waals surface area contributed by atoms with E-state index < -0.39 is 0 Å². The molecular formula is C18H19Cl2N3O2. The first-order chi connectivity index (χ1) is 12.1. The van der Waals surface area contributed by atoms with Crippen LogP contribution >= 0.6 is 23.2 Å². The topological polar surface area (TPSA) is 53.6 Å². The number of nitrogens with one attached hydrogen (secondary N) is 2. The summed E-state index contributed by atoms with van der Waals surface area (Å²) < 4.78 is 5.40. The van der Waals surface area contributed by atoms with Gasteiger partial charge in [-0.05, 0) is 42.5 Å². The molecule has 0 saturated carbocycles. The molecule has 3 rings (SSSR count). The normalized spacial score (nSPS) is 14.2. The van der Waals surface area contributed by atoms with Gasteiger partial charge in [-0.1, -0.05) is 23.2 Å². The van der Waals surface area contributed by atoms with Gasteiger partial charge in [0.1, 0.15) is 0 Å². The minimum Gasteiger partial charge on any atom is -0.378 e. The first kappa shape index (κ1) is 17.9. The van der Waals surface area contributed by atoms with E-state index in [0.717, 1.165) is 24.5 Å². The lowest BCUT2D eigenvalue weighted by atomic mass is 10.2. The molecule has 0 radical (unpaired) electrons. The predicted molar refractivity (Wildman–Crippen MR) is 103 cm³/mol. The molecule has 0 atom stereocenters. The van der Waals surface area contributed by atoms with Crippen LogP contribution in [0.1, 0.15) is 0 Å². The van der Waals surface area contributed by atoms with E-state index in [9.17, 15) is 4.79 Å². The molecule has 5 nitrogen and oxygen atoms in total. The van der Waals surface area contributed by atoms with Gasteiger partial charge in [0.05, 0.1) is 31.1 Å². The van der Waals surface area contributed by atoms with Crippen LogP contribution in [0.25, 0.3) is 0 Å². The Kier molecular flexibility index (Phi) is 6.02. The molecule has 1 fully saturated rings. The second kappa shape index (κ2) is 8.43. The first-order valence-corrected chi connectivity index (χ1v) is 8.79. The van der Waals surface area contributed by atoms with E-state index in [1.165, 1.54) is 0 Å². The Morgan fingerprint density at radius 2 is 1.72 bits per heavy atom. The molecular weight excluding hydrogens is 361 g/mol. The lowest BCUT2D eigenvalue weighted by Gasteiger charge is -2.30. The monoisotopic (exact) mass is 379 g/mol. The fourth-order valence-corrected chi connectivity index (χ4v) is 2.94. The number of morpholine rings is 1. The van der Waals surface area contributed by atoms with E-state index in [1.807, 2.05) is 18.2 Å². The van der Waals surface area contributed by atoms with Crippen molar-refractivity contribution in [3.05, 3.63) is 52.5 Å². The third kappa shape index (κ3) is 5.01. The molecule has 0 aromatic heterocycles. The van der Waals surface area contributed by atoms with Gasteiger partial charge >= 0.3 is 0 Å². The fraction of sp³-hybridized carbons (Fsp3) is 0.278. The Labute approximate surface area is 156 Å². The molecule has 25 heavy (non-hydrogen) atoms. The number of carbonyl (C=O) groups excluding carboxylic acids is 1. The van der Waals surface area contributed by atoms with Crippen molar-refractivity contribution in [1.29, 1.82) is 0 Å². The zero-order chi connectivity index (χ0) is 17.6. The largest absolute Gasteiger partial charge is 0.378 e. The summed E-state index contributed by atoms with van der Waals surface area (Å²) in [5, 5.41) is 7.26. The highest BCUT2D eigenvalue weighted by atomic mass is 35.5. The summed E-state index contributed by atoms with van der Waals surface area (Å²) in [4.78, 5) is 14.4. The number of carbonyl (C=O) groups is 1. The molecule has 1 heterocycles. The minimum atomic E-state index is -0.143. The highest BCUT2D eigenvalue weighted by Crippen LogP contribution is 2.29. The highest BCUT2D eigenvalue weighted by molar-refractivity contribution is 6.31. The van der Waals surface area contributed by atoms with E-state index >= 15 is 0 Å². The van der Waals surface area contributed by atoms with Gasteiger partial charge < -0.3 is 20.3 Å². The number of ether oxygens (including phenoxy) is 1. The first-order valence-electron chi connectivity index (χ1n) is 8.03. The Morgan fingerprint density at radius 3 is 2.44 bits per heavy atom. The summed E-state index contributed by atoms with van der Waals surface area (Å²) >= 11 is 12.0. The van der Waals surface area contributed by atoms with Gasteiger partial charge in [0.2, 0.25) is 5.91 Å². The van der Waals surface area contributed by atoms with Crippen molar-refractivity contribution >= 4 is 46.2 Å². The Balaban J connectivity index is 1.64. The standard InChI is InChI=1S/C18H19Cl2N3O2/c19-13-1-4-15(5-2-13)22-18(24)12-21-16-11-14(20)3-6-17(16)23-7-9-25-10-8-23/h1-6,11,21H,7-10,12H2,(H,22,24). The quantitative estimate of drug-likeness (QED) is 0.827. The van der Waals surface area contributed by atoms with Crippen LogP contribution in [-0.2, 0) is 9.53 Å². The van der Waals surface area contributed by atoms with Gasteiger partial charge in [-0.15, -0.1) is 0 Å². The maximum atomic E-state index is 12.2. The Hall–Kier alpha value is -1.95. The molecule has 7 heteroatoms. The van der Waals surface area contributed by atoms with Gasteiger partial charge in [-0.2, -0.15) is 0 Å². The van der Waals surface area contributed by atoms with Crippen molar-refractivity contribution in [3.8, 4) is 0 Å². The molecule has 0 aliphatic carbocycles. The molecule has 1 amide bonds. The van der Waals surface area contributed by atoms with Crippen molar-refractivity contribution in [2.75, 3.05) is 48.4 Å². The number of benzene rings is 2. The third-order valence-corrected chi connectivity index (χ3v) is 4.36. The summed E-state index contributed by atoms with van der Waals surface area (Å²) in [6.07, 6.45) is 0. The summed E-state index contributed by atoms with van der Waals surface area (Å²) in [6.45, 7) is 3.15. The lowest BCUT2D eigenvalue weighted by molar-refractivity contribution is -0.114. The summed E-state index contributed by atoms with van der Waals surface area (Å²) in [5.41, 5.74) is 2.56. The van der Waals surface area contributed by atoms with Crippen LogP contribution in [0.4, 0.5) is 17.1 Å². The second-order valence-corrected chi connectivity index (χ2v) is 6.54. The van der Waals surface area contributed by atoms with Crippen LogP contribution in [0.3, 0.4) is 0 Å². The fourth-order valence-electron chi connectivity index (χ4n) is 2.64. The van der Waals surface area contributed by atoms with Crippen LogP contribution in [0, 0.1) is 0 Å². The molecule has 0 spiro atoms. The van der Waals surface area contributed by atoms with E-state index in [4.69, 9.17) is 27.9 Å². The smallest absolute Gasteiger partial charge is 0.243 e. The number of hydrogen-bond donors (Lipinski definition) is 2. The number of hydrogen-bond acceptors (Lipinski definition) is 4. The van der Waals surface area contributed by atoms with Gasteiger partial charge in [-0.3, -0.25) is 4.79 Å². The molecule has 1 saturated heterocycles. The average Bonchev–Trinajstić information content (AvgIpc) is 2.63. The number of anilines is 3. The van der Waals surface area contributed by atoms with Crippen molar-refractivity contribution in [2.45, 2.75) is 0 Å². The number of halogens is 2. The van der Waals surface area contributed by atoms with E-state index in [-0.39, 0.29) is 12.5 Å². The summed E-state index contributed by atoms with van der Waals surface area (Å²) in [6, 6.07) is 12.6. The summed E-state index contributed by atoms with van der Waals surface area (Å²) in [7, 11) is 0. The van der Waals surface area contributed by atoms with Gasteiger partial charge in [-0.25, -0.2) is 0 Å². The molecule has 1 aliphatic heterocycles. The molecule has 2 aromatic rings. The molecule has 0 unspecified atom stereocenters. The highest BCUT2D eigenvalue weighted by Gasteiger charge is 2.15. The van der Waals surface area contributed by atoms with Crippen molar-refractivity contribution in [2.24, 2.45) is 0 Å². The number of nitrogens with zero attached hydrogens (tertiary/aromatic N) is 1. The third-order valence-electron chi connectivity index (χ3n) is 3.88. The zero-order valence-corrected chi connectivity index (χ0v) is 15.1. The van der Waals surface area contributed by atoms with Gasteiger partial charge in [0.25, 0.3) is 0 Å². The van der Waals surface area contributed by atoms with Crippen molar-refractivity contribution in [1.82, 2.24) is 0 Å². The predicted octanol–water partition coefficient (Wildman–Crippen LogP) is 3.88. The van der Waals surface area contributed by atoms with E-state index in [1.54, 1.807) is 24.3 Å². The Morgan fingerprint density at radius 1 is 1.04 bits per heavy atom. The SMILES string of the molecule is O=C(CNc1cc(Cl)ccc1N1CCOCC1)Nc1ccc(Cl)cc1. The van der Waals surface area contributed by atoms with E-state index in [2.05, 4.69) is 15.5 Å². The van der Waals surface area contributed by atoms with Crippen molar-refractivity contribution in [3.63, 3.8) is 0 Å². The second-order valence-electron chi connectivity index (χ2n) is 5.67. The Bertz CT molecular complexity index is 732. The molecule has 132 valence electrons. The van der Waals surface area contributed by atoms with Crippen molar-refractivity contribution < 1.29 is 9.53 Å².